The molecule has 0 aliphatic carbocycles. The van der Waals surface area contributed by atoms with Gasteiger partial charge in [0.05, 0.1) is 49.2 Å². The number of rotatable bonds is 9. The van der Waals surface area contributed by atoms with Gasteiger partial charge in [-0.15, -0.1) is 0 Å². The average molecular weight is 876 g/mol. The van der Waals surface area contributed by atoms with Crippen molar-refractivity contribution in [1.82, 2.24) is 4.57 Å². The van der Waals surface area contributed by atoms with E-state index < -0.39 is 12.0 Å². The highest BCUT2D eigenvalue weighted by molar-refractivity contribution is 14.1. The fourth-order valence-corrected chi connectivity index (χ4v) is 8.33. The summed E-state index contributed by atoms with van der Waals surface area (Å²) < 4.78 is 20.9. The zero-order valence-electron chi connectivity index (χ0n) is 25.5. The van der Waals surface area contributed by atoms with Crippen molar-refractivity contribution < 1.29 is 19.0 Å². The highest BCUT2D eigenvalue weighted by Gasteiger charge is 2.35. The van der Waals surface area contributed by atoms with E-state index in [0.717, 1.165) is 19.2 Å². The van der Waals surface area contributed by atoms with Gasteiger partial charge >= 0.3 is 5.97 Å². The number of carbonyl (C=O) groups excluding carboxylic acids is 1. The summed E-state index contributed by atoms with van der Waals surface area (Å²) in [6.07, 6.45) is 1.79. The molecule has 12 heteroatoms. The molecule has 0 amide bonds. The van der Waals surface area contributed by atoms with Gasteiger partial charge in [0.25, 0.3) is 5.56 Å². The summed E-state index contributed by atoms with van der Waals surface area (Å²) in [5, 5.41) is 0.900. The maximum atomic E-state index is 14.4. The normalized spacial score (nSPS) is 14.4. The second-order valence-corrected chi connectivity index (χ2v) is 14.4. The summed E-state index contributed by atoms with van der Waals surface area (Å²) in [7, 11) is 1.58. The highest BCUT2D eigenvalue weighted by Crippen LogP contribution is 2.36. The van der Waals surface area contributed by atoms with Crippen molar-refractivity contribution in [3.63, 3.8) is 0 Å². The number of thiazole rings is 1. The largest absolute Gasteiger partial charge is 0.497 e. The van der Waals surface area contributed by atoms with Gasteiger partial charge in [-0.05, 0) is 83.1 Å². The van der Waals surface area contributed by atoms with Crippen LogP contribution in [-0.4, -0.2) is 24.3 Å². The highest BCUT2D eigenvalue weighted by atomic mass is 127. The Kier molecular flexibility index (Phi) is 10.8. The molecule has 7 nitrogen and oxygen atoms in total. The first-order valence-corrected chi connectivity index (χ1v) is 18.1. The van der Waals surface area contributed by atoms with Crippen molar-refractivity contribution in [1.29, 1.82) is 0 Å². The summed E-state index contributed by atoms with van der Waals surface area (Å²) in [4.78, 5) is 33.5. The standard InChI is InChI=1S/C36H26BrCl2IN2O5S/c1-3-46-35(44)30-31(21-7-5-4-6-8-21)41-36-42(32(30)22-10-12-25(45-2)13-11-22)34(43)29(48-36)17-23-16-24(37)18-28(40)33(23)47-19-20-9-14-26(38)27(39)15-20/h4-18,32H,3,19H2,1-2H3/b29-17-/t32-/m1/s1. The van der Waals surface area contributed by atoms with E-state index in [1.54, 1.807) is 48.9 Å². The molecule has 0 unspecified atom stereocenters. The Morgan fingerprint density at radius 1 is 1.04 bits per heavy atom. The molecule has 0 fully saturated rings. The molecule has 0 spiro atoms. The molecule has 1 aliphatic heterocycles. The van der Waals surface area contributed by atoms with Crippen molar-refractivity contribution >= 4 is 90.8 Å². The molecule has 1 aliphatic rings. The Balaban J connectivity index is 1.54. The van der Waals surface area contributed by atoms with E-state index in [1.807, 2.05) is 60.7 Å². The smallest absolute Gasteiger partial charge is 0.338 e. The van der Waals surface area contributed by atoms with Crippen molar-refractivity contribution in [2.75, 3.05) is 13.7 Å². The molecule has 244 valence electrons. The number of carbonyl (C=O) groups is 1. The number of esters is 1. The van der Waals surface area contributed by atoms with Crippen LogP contribution in [0.15, 0.2) is 105 Å². The molecule has 1 aromatic heterocycles. The van der Waals surface area contributed by atoms with E-state index in [4.69, 9.17) is 42.4 Å². The zero-order valence-corrected chi connectivity index (χ0v) is 31.6. The maximum Gasteiger partial charge on any atom is 0.338 e. The number of benzene rings is 4. The Bertz CT molecular complexity index is 2240. The Hall–Kier alpha value is -3.42. The molecule has 0 radical (unpaired) electrons. The molecule has 0 N–H and O–H groups in total. The molecule has 4 aromatic carbocycles. The van der Waals surface area contributed by atoms with Crippen LogP contribution in [0.1, 0.15) is 35.2 Å². The number of hydrogen-bond donors (Lipinski definition) is 0. The van der Waals surface area contributed by atoms with Crippen LogP contribution in [0.2, 0.25) is 10.0 Å². The van der Waals surface area contributed by atoms with Crippen LogP contribution < -0.4 is 24.4 Å². The minimum Gasteiger partial charge on any atom is -0.497 e. The lowest BCUT2D eigenvalue weighted by Gasteiger charge is -2.26. The van der Waals surface area contributed by atoms with E-state index >= 15 is 0 Å². The topological polar surface area (TPSA) is 79.1 Å². The van der Waals surface area contributed by atoms with Gasteiger partial charge in [-0.3, -0.25) is 9.36 Å². The van der Waals surface area contributed by atoms with E-state index in [0.29, 0.717) is 47.7 Å². The number of hydrogen-bond acceptors (Lipinski definition) is 7. The third-order valence-electron chi connectivity index (χ3n) is 7.50. The number of methoxy groups -OCH3 is 1. The summed E-state index contributed by atoms with van der Waals surface area (Å²) >= 11 is 19.4. The van der Waals surface area contributed by atoms with Crippen LogP contribution in [0.4, 0.5) is 0 Å². The quantitative estimate of drug-likeness (QED) is 0.110. The van der Waals surface area contributed by atoms with Crippen LogP contribution in [0.25, 0.3) is 11.8 Å². The number of aromatic nitrogens is 1. The molecule has 6 rings (SSSR count). The molecule has 0 saturated heterocycles. The monoisotopic (exact) mass is 874 g/mol. The first-order valence-electron chi connectivity index (χ1n) is 14.7. The van der Waals surface area contributed by atoms with Gasteiger partial charge in [0.2, 0.25) is 0 Å². The molecular weight excluding hydrogens is 850 g/mol. The Morgan fingerprint density at radius 3 is 2.48 bits per heavy atom. The second kappa shape index (κ2) is 15.0. The van der Waals surface area contributed by atoms with Crippen LogP contribution >= 0.6 is 73.1 Å². The SMILES string of the molecule is CCOC(=O)C1=C(c2ccccc2)N=c2s/c(=C\c3cc(Br)cc(I)c3OCc3ccc(Cl)c(Cl)c3)c(=O)n2[C@@H]1c1ccc(OC)cc1. The van der Waals surface area contributed by atoms with E-state index in [1.165, 1.54) is 11.3 Å². The van der Waals surface area contributed by atoms with Gasteiger partial charge in [0.15, 0.2) is 4.80 Å². The minimum absolute atomic E-state index is 0.163. The van der Waals surface area contributed by atoms with E-state index in [-0.39, 0.29) is 24.3 Å². The lowest BCUT2D eigenvalue weighted by molar-refractivity contribution is -0.138. The van der Waals surface area contributed by atoms with Crippen LogP contribution in [0, 0.1) is 3.57 Å². The summed E-state index contributed by atoms with van der Waals surface area (Å²) in [5.41, 5.74) is 3.38. The number of fused-ring (bicyclic) bond motifs is 1. The molecule has 48 heavy (non-hydrogen) atoms. The fraction of sp³-hybridized carbons (Fsp3) is 0.139. The average Bonchev–Trinajstić information content (AvgIpc) is 3.39. The molecule has 5 aromatic rings. The molecule has 0 bridgehead atoms. The third-order valence-corrected chi connectivity index (χ3v) is 10.5. The van der Waals surface area contributed by atoms with Crippen molar-refractivity contribution in [2.24, 2.45) is 4.99 Å². The van der Waals surface area contributed by atoms with Gasteiger partial charge in [0, 0.05) is 15.6 Å². The maximum absolute atomic E-state index is 14.4. The first kappa shape index (κ1) is 34.4. The van der Waals surface area contributed by atoms with Crippen LogP contribution in [-0.2, 0) is 16.1 Å². The summed E-state index contributed by atoms with van der Waals surface area (Å²) in [6, 6.07) is 25.1. The van der Waals surface area contributed by atoms with E-state index in [9.17, 15) is 9.59 Å². The Labute approximate surface area is 312 Å². The number of nitrogens with zero attached hydrogens (tertiary/aromatic N) is 2. The molecule has 1 atom stereocenters. The zero-order chi connectivity index (χ0) is 33.9. The number of halogens is 4. The lowest BCUT2D eigenvalue weighted by atomic mass is 9.93. The van der Waals surface area contributed by atoms with Gasteiger partial charge in [-0.2, -0.15) is 0 Å². The first-order chi connectivity index (χ1) is 23.2. The van der Waals surface area contributed by atoms with Crippen molar-refractivity contribution in [2.45, 2.75) is 19.6 Å². The van der Waals surface area contributed by atoms with Gasteiger partial charge in [0.1, 0.15) is 18.1 Å². The van der Waals surface area contributed by atoms with Crippen LogP contribution in [0.3, 0.4) is 0 Å². The summed E-state index contributed by atoms with van der Waals surface area (Å²) in [6.45, 7) is 2.15. The predicted molar refractivity (Wildman–Crippen MR) is 202 cm³/mol. The van der Waals surface area contributed by atoms with Gasteiger partial charge in [-0.1, -0.05) is 99.0 Å². The van der Waals surface area contributed by atoms with Crippen LogP contribution in [0.5, 0.6) is 11.5 Å². The molecular formula is C36H26BrCl2IN2O5S. The van der Waals surface area contributed by atoms with Gasteiger partial charge in [-0.25, -0.2) is 9.79 Å². The van der Waals surface area contributed by atoms with Crippen molar-refractivity contribution in [3.8, 4) is 11.5 Å². The summed E-state index contributed by atoms with van der Waals surface area (Å²) in [5.74, 6) is 0.697. The minimum atomic E-state index is -0.809. The third kappa shape index (κ3) is 7.13. The van der Waals surface area contributed by atoms with E-state index in [2.05, 4.69) is 38.5 Å². The number of ether oxygens (including phenoxy) is 3. The fourth-order valence-electron chi connectivity index (χ4n) is 5.31. The molecule has 0 saturated carbocycles. The lowest BCUT2D eigenvalue weighted by Crippen LogP contribution is -2.40. The Morgan fingerprint density at radius 2 is 1.79 bits per heavy atom. The van der Waals surface area contributed by atoms with Gasteiger partial charge < -0.3 is 14.2 Å². The van der Waals surface area contributed by atoms with Crippen molar-refractivity contribution in [3.05, 3.63) is 151 Å². The predicted octanol–water partition coefficient (Wildman–Crippen LogP) is 8.20. The second-order valence-electron chi connectivity index (χ2n) is 10.5. The molecule has 2 heterocycles.